The molecule has 0 saturated heterocycles. The van der Waals surface area contributed by atoms with Gasteiger partial charge >= 0.3 is 0 Å². The van der Waals surface area contributed by atoms with Gasteiger partial charge in [-0.2, -0.15) is 4.31 Å². The molecule has 0 heterocycles. The van der Waals surface area contributed by atoms with Crippen molar-refractivity contribution < 1.29 is 13.3 Å². The van der Waals surface area contributed by atoms with Crippen molar-refractivity contribution in [1.29, 1.82) is 0 Å². The monoisotopic (exact) mass is 316 g/mol. The van der Waals surface area contributed by atoms with Crippen LogP contribution in [-0.2, 0) is 10.0 Å². The molecule has 8 nitrogen and oxygen atoms in total. The fourth-order valence-electron chi connectivity index (χ4n) is 1.66. The lowest BCUT2D eigenvalue weighted by molar-refractivity contribution is -0.387. The molecule has 0 amide bonds. The Morgan fingerprint density at radius 2 is 1.86 bits per heavy atom. The van der Waals surface area contributed by atoms with Crippen LogP contribution in [0.15, 0.2) is 23.1 Å². The fraction of sp³-hybridized carbons (Fsp3) is 0.500. The van der Waals surface area contributed by atoms with Crippen LogP contribution >= 0.6 is 0 Å². The summed E-state index contributed by atoms with van der Waals surface area (Å²) in [4.78, 5) is 11.9. The van der Waals surface area contributed by atoms with E-state index in [2.05, 4.69) is 5.32 Å². The highest BCUT2D eigenvalue weighted by Crippen LogP contribution is 2.28. The lowest BCUT2D eigenvalue weighted by atomic mass is 10.3. The maximum Gasteiger partial charge on any atom is 0.289 e. The van der Waals surface area contributed by atoms with E-state index in [0.717, 1.165) is 4.31 Å². The average Bonchev–Trinajstić information content (AvgIpc) is 2.43. The Balaban J connectivity index is 3.25. The quantitative estimate of drug-likeness (QED) is 0.591. The number of nitrogens with one attached hydrogen (secondary N) is 1. The van der Waals surface area contributed by atoms with Gasteiger partial charge in [0.2, 0.25) is 10.0 Å². The van der Waals surface area contributed by atoms with E-state index in [1.54, 1.807) is 7.05 Å². The largest absolute Gasteiger partial charge is 0.388 e. The summed E-state index contributed by atoms with van der Waals surface area (Å²) >= 11 is 0. The maximum absolute atomic E-state index is 12.5. The first-order chi connectivity index (χ1) is 9.70. The van der Waals surface area contributed by atoms with Gasteiger partial charge in [0.05, 0.1) is 4.92 Å². The minimum Gasteiger partial charge on any atom is -0.388 e. The lowest BCUT2D eigenvalue weighted by Gasteiger charge is -2.19. The summed E-state index contributed by atoms with van der Waals surface area (Å²) in [5.41, 5.74) is 0.0749. The number of hydrogen-bond donors (Lipinski definition) is 1. The van der Waals surface area contributed by atoms with Crippen LogP contribution in [-0.4, -0.2) is 63.8 Å². The Hall–Kier alpha value is -1.71. The van der Waals surface area contributed by atoms with Crippen LogP contribution in [0, 0.1) is 10.1 Å². The van der Waals surface area contributed by atoms with Gasteiger partial charge < -0.3 is 10.2 Å². The summed E-state index contributed by atoms with van der Waals surface area (Å²) in [6, 6.07) is 3.94. The molecule has 9 heteroatoms. The van der Waals surface area contributed by atoms with Gasteiger partial charge in [-0.3, -0.25) is 10.1 Å². The minimum absolute atomic E-state index is 0.246. The van der Waals surface area contributed by atoms with Gasteiger partial charge in [-0.25, -0.2) is 8.42 Å². The smallest absolute Gasteiger partial charge is 0.289 e. The summed E-state index contributed by atoms with van der Waals surface area (Å²) < 4.78 is 26.1. The van der Waals surface area contributed by atoms with Crippen molar-refractivity contribution in [3.05, 3.63) is 28.3 Å². The zero-order valence-electron chi connectivity index (χ0n) is 12.5. The second kappa shape index (κ2) is 6.83. The van der Waals surface area contributed by atoms with Crippen molar-refractivity contribution in [3.8, 4) is 0 Å². The van der Waals surface area contributed by atoms with E-state index < -0.39 is 20.6 Å². The van der Waals surface area contributed by atoms with E-state index in [-0.39, 0.29) is 11.4 Å². The van der Waals surface area contributed by atoms with Crippen LogP contribution in [0.3, 0.4) is 0 Å². The first kappa shape index (κ1) is 17.3. The van der Waals surface area contributed by atoms with Crippen molar-refractivity contribution in [2.24, 2.45) is 0 Å². The molecule has 21 heavy (non-hydrogen) atoms. The highest BCUT2D eigenvalue weighted by atomic mass is 32.2. The number of hydrogen-bond acceptors (Lipinski definition) is 6. The third-order valence-corrected chi connectivity index (χ3v) is 4.88. The maximum atomic E-state index is 12.5. The molecular weight excluding hydrogens is 296 g/mol. The number of likely N-dealkylation sites (N-methyl/N-ethyl adjacent to an activating group) is 2. The van der Waals surface area contributed by atoms with E-state index in [0.29, 0.717) is 12.2 Å². The van der Waals surface area contributed by atoms with Gasteiger partial charge in [0.25, 0.3) is 5.69 Å². The van der Waals surface area contributed by atoms with E-state index in [1.807, 2.05) is 19.0 Å². The molecule has 0 saturated carbocycles. The zero-order chi connectivity index (χ0) is 16.2. The first-order valence-electron chi connectivity index (χ1n) is 6.27. The summed E-state index contributed by atoms with van der Waals surface area (Å²) in [6.07, 6.45) is 0. The summed E-state index contributed by atoms with van der Waals surface area (Å²) in [6.45, 7) is 0.769. The predicted octanol–water partition coefficient (Wildman–Crippen LogP) is 0.819. The third-order valence-electron chi connectivity index (χ3n) is 3.00. The topological polar surface area (TPSA) is 95.8 Å². The number of nitrogens with zero attached hydrogens (tertiary/aromatic N) is 3. The van der Waals surface area contributed by atoms with E-state index in [9.17, 15) is 18.5 Å². The summed E-state index contributed by atoms with van der Waals surface area (Å²) in [5, 5.41) is 13.8. The second-order valence-corrected chi connectivity index (χ2v) is 6.83. The molecule has 0 unspecified atom stereocenters. The van der Waals surface area contributed by atoms with E-state index in [4.69, 9.17) is 0 Å². The van der Waals surface area contributed by atoms with Crippen molar-refractivity contribution in [3.63, 3.8) is 0 Å². The van der Waals surface area contributed by atoms with Crippen molar-refractivity contribution in [2.75, 3.05) is 46.6 Å². The highest BCUT2D eigenvalue weighted by molar-refractivity contribution is 7.89. The fourth-order valence-corrected chi connectivity index (χ4v) is 3.00. The van der Waals surface area contributed by atoms with Crippen molar-refractivity contribution >= 4 is 21.4 Å². The van der Waals surface area contributed by atoms with E-state index >= 15 is 0 Å². The third kappa shape index (κ3) is 4.13. The summed E-state index contributed by atoms with van der Waals surface area (Å²) in [7, 11) is 2.76. The molecule has 1 rings (SSSR count). The minimum atomic E-state index is -3.92. The molecule has 1 N–H and O–H groups in total. The van der Waals surface area contributed by atoms with Crippen LogP contribution in [0.4, 0.5) is 11.4 Å². The van der Waals surface area contributed by atoms with Crippen LogP contribution in [0.1, 0.15) is 0 Å². The standard InChI is InChI=1S/C12H20N4O4S/c1-13-10-5-6-11(16(17)18)12(9-10)21(19,20)15(4)8-7-14(2)3/h5-6,9,13H,7-8H2,1-4H3. The van der Waals surface area contributed by atoms with Gasteiger partial charge in [-0.1, -0.05) is 0 Å². The second-order valence-electron chi connectivity index (χ2n) is 4.82. The van der Waals surface area contributed by atoms with Crippen LogP contribution in [0.2, 0.25) is 0 Å². The van der Waals surface area contributed by atoms with Crippen LogP contribution in [0.5, 0.6) is 0 Å². The van der Waals surface area contributed by atoms with Gasteiger partial charge in [-0.05, 0) is 26.2 Å². The predicted molar refractivity (Wildman–Crippen MR) is 81.0 cm³/mol. The summed E-state index contributed by atoms with van der Waals surface area (Å²) in [5.74, 6) is 0. The number of benzene rings is 1. The Morgan fingerprint density at radius 1 is 1.24 bits per heavy atom. The Morgan fingerprint density at radius 3 is 2.33 bits per heavy atom. The number of sulfonamides is 1. The average molecular weight is 316 g/mol. The molecule has 0 radical (unpaired) electrons. The van der Waals surface area contributed by atoms with Crippen LogP contribution < -0.4 is 5.32 Å². The molecule has 0 aliphatic carbocycles. The molecule has 1 aromatic rings. The van der Waals surface area contributed by atoms with Crippen LogP contribution in [0.25, 0.3) is 0 Å². The molecule has 1 aromatic carbocycles. The molecule has 0 atom stereocenters. The Bertz CT molecular complexity index is 616. The number of rotatable bonds is 7. The SMILES string of the molecule is CNc1ccc([N+](=O)[O-])c(S(=O)(=O)N(C)CCN(C)C)c1. The first-order valence-corrected chi connectivity index (χ1v) is 7.71. The number of nitro groups is 1. The highest BCUT2D eigenvalue weighted by Gasteiger charge is 2.29. The molecule has 118 valence electrons. The normalized spacial score (nSPS) is 11.9. The molecule has 0 fully saturated rings. The van der Waals surface area contributed by atoms with Gasteiger partial charge in [0.15, 0.2) is 4.90 Å². The van der Waals surface area contributed by atoms with Crippen molar-refractivity contribution in [2.45, 2.75) is 4.90 Å². The lowest BCUT2D eigenvalue weighted by Crippen LogP contribution is -2.33. The number of nitro benzene ring substituents is 1. The molecule has 0 spiro atoms. The molecular formula is C12H20N4O4S. The Labute approximate surface area is 124 Å². The van der Waals surface area contributed by atoms with Crippen molar-refractivity contribution in [1.82, 2.24) is 9.21 Å². The molecule has 0 bridgehead atoms. The zero-order valence-corrected chi connectivity index (χ0v) is 13.3. The van der Waals surface area contributed by atoms with Gasteiger partial charge in [0, 0.05) is 38.9 Å². The number of anilines is 1. The molecule has 0 aliphatic rings. The van der Waals surface area contributed by atoms with Gasteiger partial charge in [0.1, 0.15) is 0 Å². The molecule has 0 aromatic heterocycles. The molecule has 0 aliphatic heterocycles. The van der Waals surface area contributed by atoms with E-state index in [1.165, 1.54) is 25.2 Å². The Kier molecular flexibility index (Phi) is 5.64. The van der Waals surface area contributed by atoms with Gasteiger partial charge in [-0.15, -0.1) is 0 Å².